The molecule has 0 aromatic heterocycles. The van der Waals surface area contributed by atoms with Gasteiger partial charge < -0.3 is 18.9 Å². The van der Waals surface area contributed by atoms with Crippen LogP contribution in [0.2, 0.25) is 0 Å². The van der Waals surface area contributed by atoms with Gasteiger partial charge in [0.1, 0.15) is 0 Å². The van der Waals surface area contributed by atoms with Crippen LogP contribution in [0.15, 0.2) is 0 Å². The van der Waals surface area contributed by atoms with Gasteiger partial charge in [-0.3, -0.25) is 0 Å². The maximum Gasteiger partial charge on any atom is 0.389 e. The average molecular weight is 244 g/mol. The Hall–Kier alpha value is -0.370. The largest absolute Gasteiger partial charge is 0.389 e. The number of methoxy groups -OCH3 is 3. The van der Waals surface area contributed by atoms with Gasteiger partial charge in [0.05, 0.1) is 6.61 Å². The second-order valence-corrected chi connectivity index (χ2v) is 3.57. The zero-order chi connectivity index (χ0) is 12.4. The summed E-state index contributed by atoms with van der Waals surface area (Å²) >= 11 is 0. The summed E-state index contributed by atoms with van der Waals surface area (Å²) in [5, 5.41) is 0. The van der Waals surface area contributed by atoms with Crippen LogP contribution in [0.1, 0.15) is 12.8 Å². The van der Waals surface area contributed by atoms with E-state index in [1.807, 2.05) is 0 Å². The van der Waals surface area contributed by atoms with Gasteiger partial charge in [-0.05, 0) is 6.42 Å². The lowest BCUT2D eigenvalue weighted by atomic mass is 9.90. The molecule has 1 aliphatic heterocycles. The Balaban J connectivity index is 2.71. The Kier molecular flexibility index (Phi) is 3.83. The summed E-state index contributed by atoms with van der Waals surface area (Å²) in [5.74, 6) is -1.53. The fourth-order valence-electron chi connectivity index (χ4n) is 1.78. The number of rotatable bonds is 5. The summed E-state index contributed by atoms with van der Waals surface area (Å²) in [6.07, 6.45) is -5.48. The molecule has 0 aromatic rings. The molecule has 1 aliphatic rings. The first kappa shape index (κ1) is 13.7. The molecule has 1 heterocycles. The molecule has 1 rings (SSSR count). The molecule has 0 radical (unpaired) electrons. The minimum atomic E-state index is -4.24. The maximum absolute atomic E-state index is 12.2. The lowest BCUT2D eigenvalue weighted by molar-refractivity contribution is -0.506. The molecular weight excluding hydrogens is 229 g/mol. The molecule has 0 bridgehead atoms. The van der Waals surface area contributed by atoms with E-state index in [9.17, 15) is 13.2 Å². The van der Waals surface area contributed by atoms with Crippen molar-refractivity contribution in [2.24, 2.45) is 0 Å². The molecule has 0 saturated carbocycles. The highest BCUT2D eigenvalue weighted by Gasteiger charge is 2.64. The molecule has 0 spiro atoms. The molecule has 0 aromatic carbocycles. The van der Waals surface area contributed by atoms with Crippen molar-refractivity contribution < 1.29 is 32.1 Å². The summed E-state index contributed by atoms with van der Waals surface area (Å²) in [6.45, 7) is 0.0151. The van der Waals surface area contributed by atoms with Gasteiger partial charge in [-0.15, -0.1) is 0 Å². The molecule has 1 saturated heterocycles. The monoisotopic (exact) mass is 244 g/mol. The van der Waals surface area contributed by atoms with Crippen molar-refractivity contribution in [2.75, 3.05) is 27.9 Å². The van der Waals surface area contributed by atoms with E-state index >= 15 is 0 Å². The van der Waals surface area contributed by atoms with E-state index in [0.29, 0.717) is 0 Å². The molecule has 1 unspecified atom stereocenters. The summed E-state index contributed by atoms with van der Waals surface area (Å²) in [5.41, 5.74) is -1.20. The zero-order valence-electron chi connectivity index (χ0n) is 9.39. The van der Waals surface area contributed by atoms with E-state index in [1.54, 1.807) is 0 Å². The Morgan fingerprint density at radius 2 is 1.69 bits per heavy atom. The third-order valence-corrected chi connectivity index (χ3v) is 2.79. The van der Waals surface area contributed by atoms with Gasteiger partial charge in [-0.2, -0.15) is 13.2 Å². The topological polar surface area (TPSA) is 36.9 Å². The maximum atomic E-state index is 12.2. The van der Waals surface area contributed by atoms with E-state index < -0.39 is 24.2 Å². The fourth-order valence-corrected chi connectivity index (χ4v) is 1.78. The summed E-state index contributed by atoms with van der Waals surface area (Å²) in [6, 6.07) is 0. The third-order valence-electron chi connectivity index (χ3n) is 2.79. The van der Waals surface area contributed by atoms with Crippen LogP contribution >= 0.6 is 0 Å². The predicted octanol–water partition coefficient (Wildman–Crippen LogP) is 1.69. The van der Waals surface area contributed by atoms with Crippen molar-refractivity contribution in [2.45, 2.75) is 30.6 Å². The highest BCUT2D eigenvalue weighted by Crippen LogP contribution is 2.45. The Labute approximate surface area is 91.6 Å². The van der Waals surface area contributed by atoms with Crippen molar-refractivity contribution in [1.82, 2.24) is 0 Å². The highest BCUT2D eigenvalue weighted by atomic mass is 19.4. The SMILES string of the molecule is COC1(CCC(F)(F)F)COC1(OC)OC. The first-order chi connectivity index (χ1) is 7.35. The molecule has 7 heteroatoms. The van der Waals surface area contributed by atoms with Crippen LogP contribution in [-0.2, 0) is 18.9 Å². The van der Waals surface area contributed by atoms with Gasteiger partial charge in [0.15, 0.2) is 5.60 Å². The number of ether oxygens (including phenoxy) is 4. The zero-order valence-corrected chi connectivity index (χ0v) is 9.39. The number of halogens is 3. The average Bonchev–Trinajstić information content (AvgIpc) is 2.18. The molecule has 16 heavy (non-hydrogen) atoms. The fraction of sp³-hybridized carbons (Fsp3) is 1.00. The Morgan fingerprint density at radius 1 is 1.12 bits per heavy atom. The number of hydrogen-bond acceptors (Lipinski definition) is 4. The van der Waals surface area contributed by atoms with Crippen LogP contribution in [0.4, 0.5) is 13.2 Å². The van der Waals surface area contributed by atoms with Crippen molar-refractivity contribution in [3.63, 3.8) is 0 Å². The lowest BCUT2D eigenvalue weighted by Gasteiger charge is -2.54. The molecule has 0 aliphatic carbocycles. The van der Waals surface area contributed by atoms with Crippen LogP contribution in [-0.4, -0.2) is 45.7 Å². The molecule has 4 nitrogen and oxygen atoms in total. The van der Waals surface area contributed by atoms with Crippen molar-refractivity contribution in [3.8, 4) is 0 Å². The third kappa shape index (κ3) is 2.17. The summed E-state index contributed by atoms with van der Waals surface area (Å²) < 4.78 is 56.6. The molecular formula is C9H15F3O4. The van der Waals surface area contributed by atoms with E-state index in [1.165, 1.54) is 21.3 Å². The van der Waals surface area contributed by atoms with Crippen molar-refractivity contribution >= 4 is 0 Å². The summed E-state index contributed by atoms with van der Waals surface area (Å²) in [4.78, 5) is 0. The normalized spacial score (nSPS) is 28.9. The molecule has 96 valence electrons. The van der Waals surface area contributed by atoms with E-state index in [4.69, 9.17) is 18.9 Å². The van der Waals surface area contributed by atoms with Gasteiger partial charge in [-0.25, -0.2) is 0 Å². The van der Waals surface area contributed by atoms with Gasteiger partial charge in [-0.1, -0.05) is 0 Å². The van der Waals surface area contributed by atoms with E-state index in [0.717, 1.165) is 0 Å². The standard InChI is InChI=1S/C9H15F3O4/c1-13-7(4-5-8(10,11)12)6-16-9(7,14-2)15-3/h4-6H2,1-3H3. The van der Waals surface area contributed by atoms with Gasteiger partial charge in [0, 0.05) is 27.8 Å². The molecule has 1 fully saturated rings. The smallest absolute Gasteiger partial charge is 0.367 e. The van der Waals surface area contributed by atoms with Crippen LogP contribution < -0.4 is 0 Å². The molecule has 0 N–H and O–H groups in total. The Bertz CT molecular complexity index is 230. The minimum absolute atomic E-state index is 0.0151. The van der Waals surface area contributed by atoms with Crippen LogP contribution in [0.3, 0.4) is 0 Å². The van der Waals surface area contributed by atoms with Crippen LogP contribution in [0.5, 0.6) is 0 Å². The minimum Gasteiger partial charge on any atom is -0.367 e. The first-order valence-electron chi connectivity index (χ1n) is 4.71. The predicted molar refractivity (Wildman–Crippen MR) is 47.7 cm³/mol. The summed E-state index contributed by atoms with van der Waals surface area (Å²) in [7, 11) is 3.90. The van der Waals surface area contributed by atoms with Gasteiger partial charge in [0.25, 0.3) is 0 Å². The van der Waals surface area contributed by atoms with Crippen molar-refractivity contribution in [1.29, 1.82) is 0 Å². The van der Waals surface area contributed by atoms with Crippen LogP contribution in [0, 0.1) is 0 Å². The van der Waals surface area contributed by atoms with Gasteiger partial charge in [0.2, 0.25) is 0 Å². The number of alkyl halides is 3. The number of hydrogen-bond donors (Lipinski definition) is 0. The Morgan fingerprint density at radius 3 is 1.94 bits per heavy atom. The first-order valence-corrected chi connectivity index (χ1v) is 4.71. The van der Waals surface area contributed by atoms with Crippen LogP contribution in [0.25, 0.3) is 0 Å². The van der Waals surface area contributed by atoms with E-state index in [-0.39, 0.29) is 13.0 Å². The highest BCUT2D eigenvalue weighted by molar-refractivity contribution is 4.98. The second-order valence-electron chi connectivity index (χ2n) is 3.57. The van der Waals surface area contributed by atoms with Crippen molar-refractivity contribution in [3.05, 3.63) is 0 Å². The van der Waals surface area contributed by atoms with E-state index in [2.05, 4.69) is 0 Å². The second kappa shape index (κ2) is 4.48. The lowest BCUT2D eigenvalue weighted by Crippen LogP contribution is -2.71. The molecule has 0 amide bonds. The quantitative estimate of drug-likeness (QED) is 0.690. The molecule has 1 atom stereocenters. The van der Waals surface area contributed by atoms with Gasteiger partial charge >= 0.3 is 12.1 Å².